The van der Waals surface area contributed by atoms with Gasteiger partial charge in [0.05, 0.1) is 0 Å². The number of aromatic nitrogens is 2. The van der Waals surface area contributed by atoms with Gasteiger partial charge in [0.15, 0.2) is 0 Å². The molecule has 1 amide bonds. The number of carbonyl (C=O) groups is 2. The number of ketones is 1. The molecule has 2 aliphatic rings. The molecule has 0 radical (unpaired) electrons. The van der Waals surface area contributed by atoms with E-state index in [-0.39, 0.29) is 17.9 Å². The van der Waals surface area contributed by atoms with Crippen LogP contribution in [0.4, 0.5) is 0 Å². The van der Waals surface area contributed by atoms with E-state index in [0.29, 0.717) is 17.9 Å². The van der Waals surface area contributed by atoms with E-state index in [4.69, 9.17) is 0 Å². The monoisotopic (exact) mass is 261 g/mol. The van der Waals surface area contributed by atoms with Crippen LogP contribution in [0.5, 0.6) is 0 Å². The standard InChI is InChI=1S/C14H19N3O2/c1-16-12(7-8-15-16)14(19)17-9-3-5-11(17)10-4-2-6-13(10)18/h7-8,10-11H,2-6,9H2,1H3. The lowest BCUT2D eigenvalue weighted by Crippen LogP contribution is -2.42. The Morgan fingerprint density at radius 2 is 2.21 bits per heavy atom. The molecule has 0 N–H and O–H groups in total. The molecule has 5 heteroatoms. The zero-order chi connectivity index (χ0) is 13.4. The third-order valence-corrected chi connectivity index (χ3v) is 4.42. The normalized spacial score (nSPS) is 27.2. The summed E-state index contributed by atoms with van der Waals surface area (Å²) < 4.78 is 1.61. The van der Waals surface area contributed by atoms with E-state index < -0.39 is 0 Å². The van der Waals surface area contributed by atoms with E-state index in [1.54, 1.807) is 24.0 Å². The Kier molecular flexibility index (Phi) is 3.12. The van der Waals surface area contributed by atoms with Crippen LogP contribution < -0.4 is 0 Å². The highest BCUT2D eigenvalue weighted by Gasteiger charge is 2.40. The maximum atomic E-state index is 12.6. The molecule has 0 bridgehead atoms. The van der Waals surface area contributed by atoms with Crippen LogP contribution in [0, 0.1) is 5.92 Å². The first kappa shape index (κ1) is 12.4. The number of nitrogens with zero attached hydrogens (tertiary/aromatic N) is 3. The molecule has 19 heavy (non-hydrogen) atoms. The number of Topliss-reactive ketones (excluding diaryl/α,β-unsaturated/α-hetero) is 1. The van der Waals surface area contributed by atoms with Crippen LogP contribution in [0.15, 0.2) is 12.3 Å². The van der Waals surface area contributed by atoms with Gasteiger partial charge in [-0.15, -0.1) is 0 Å². The van der Waals surface area contributed by atoms with Gasteiger partial charge in [-0.2, -0.15) is 5.10 Å². The van der Waals surface area contributed by atoms with Crippen LogP contribution in [0.25, 0.3) is 0 Å². The molecule has 1 saturated carbocycles. The Hall–Kier alpha value is -1.65. The van der Waals surface area contributed by atoms with Crippen LogP contribution >= 0.6 is 0 Å². The quantitative estimate of drug-likeness (QED) is 0.808. The summed E-state index contributed by atoms with van der Waals surface area (Å²) in [7, 11) is 1.78. The van der Waals surface area contributed by atoms with E-state index in [9.17, 15) is 9.59 Å². The highest BCUT2D eigenvalue weighted by molar-refractivity contribution is 5.93. The number of likely N-dealkylation sites (tertiary alicyclic amines) is 1. The minimum atomic E-state index is 0.0159. The maximum absolute atomic E-state index is 12.6. The summed E-state index contributed by atoms with van der Waals surface area (Å²) in [6.45, 7) is 0.762. The Labute approximate surface area is 112 Å². The van der Waals surface area contributed by atoms with Gasteiger partial charge in [0.2, 0.25) is 0 Å². The van der Waals surface area contributed by atoms with Crippen LogP contribution in [-0.4, -0.2) is 39.0 Å². The van der Waals surface area contributed by atoms with Gasteiger partial charge in [-0.1, -0.05) is 0 Å². The van der Waals surface area contributed by atoms with E-state index in [0.717, 1.165) is 32.2 Å². The van der Waals surface area contributed by atoms with Gasteiger partial charge in [0, 0.05) is 38.2 Å². The molecule has 2 unspecified atom stereocenters. The summed E-state index contributed by atoms with van der Waals surface area (Å²) in [5.41, 5.74) is 0.609. The van der Waals surface area contributed by atoms with Crippen LogP contribution in [0.3, 0.4) is 0 Å². The third kappa shape index (κ3) is 2.07. The van der Waals surface area contributed by atoms with Gasteiger partial charge in [0.25, 0.3) is 5.91 Å². The number of hydrogen-bond donors (Lipinski definition) is 0. The van der Waals surface area contributed by atoms with Gasteiger partial charge in [0.1, 0.15) is 11.5 Å². The van der Waals surface area contributed by atoms with Crippen molar-refractivity contribution in [2.24, 2.45) is 13.0 Å². The van der Waals surface area contributed by atoms with Crippen molar-refractivity contribution in [1.29, 1.82) is 0 Å². The molecule has 1 aromatic rings. The molecule has 1 aliphatic carbocycles. The van der Waals surface area contributed by atoms with E-state index in [1.807, 2.05) is 4.90 Å². The topological polar surface area (TPSA) is 55.2 Å². The maximum Gasteiger partial charge on any atom is 0.272 e. The second kappa shape index (κ2) is 4.79. The Morgan fingerprint density at radius 3 is 2.84 bits per heavy atom. The number of aryl methyl sites for hydroxylation is 1. The first-order valence-corrected chi connectivity index (χ1v) is 7.00. The van der Waals surface area contributed by atoms with Crippen molar-refractivity contribution in [3.8, 4) is 0 Å². The van der Waals surface area contributed by atoms with Gasteiger partial charge in [-0.3, -0.25) is 14.3 Å². The van der Waals surface area contributed by atoms with Gasteiger partial charge >= 0.3 is 0 Å². The molecule has 0 spiro atoms. The Bertz CT molecular complexity index is 509. The van der Waals surface area contributed by atoms with Gasteiger partial charge in [-0.05, 0) is 31.7 Å². The fourth-order valence-corrected chi connectivity index (χ4v) is 3.44. The fraction of sp³-hybridized carbons (Fsp3) is 0.643. The predicted molar refractivity (Wildman–Crippen MR) is 69.6 cm³/mol. The lowest BCUT2D eigenvalue weighted by molar-refractivity contribution is -0.121. The molecule has 3 rings (SSSR count). The summed E-state index contributed by atoms with van der Waals surface area (Å²) in [5, 5.41) is 4.05. The highest BCUT2D eigenvalue weighted by atomic mass is 16.2. The van der Waals surface area contributed by atoms with Crippen molar-refractivity contribution in [3.63, 3.8) is 0 Å². The van der Waals surface area contributed by atoms with Crippen LogP contribution in [-0.2, 0) is 11.8 Å². The van der Waals surface area contributed by atoms with Crippen LogP contribution in [0.2, 0.25) is 0 Å². The zero-order valence-electron chi connectivity index (χ0n) is 11.2. The number of amides is 1. The molecule has 2 fully saturated rings. The number of carbonyl (C=O) groups excluding carboxylic acids is 2. The molecular formula is C14H19N3O2. The largest absolute Gasteiger partial charge is 0.334 e. The van der Waals surface area contributed by atoms with Gasteiger partial charge < -0.3 is 4.90 Å². The van der Waals surface area contributed by atoms with E-state index >= 15 is 0 Å². The lowest BCUT2D eigenvalue weighted by Gasteiger charge is -2.28. The highest BCUT2D eigenvalue weighted by Crippen LogP contribution is 2.33. The van der Waals surface area contributed by atoms with Crippen molar-refractivity contribution in [2.75, 3.05) is 6.54 Å². The van der Waals surface area contributed by atoms with Gasteiger partial charge in [-0.25, -0.2) is 0 Å². The van der Waals surface area contributed by atoms with Crippen molar-refractivity contribution >= 4 is 11.7 Å². The molecular weight excluding hydrogens is 242 g/mol. The third-order valence-electron chi connectivity index (χ3n) is 4.42. The number of rotatable bonds is 2. The van der Waals surface area contributed by atoms with Crippen molar-refractivity contribution in [1.82, 2.24) is 14.7 Å². The average Bonchev–Trinajstić information content (AvgIpc) is 3.07. The lowest BCUT2D eigenvalue weighted by atomic mass is 9.95. The second-order valence-corrected chi connectivity index (χ2v) is 5.51. The summed E-state index contributed by atoms with van der Waals surface area (Å²) >= 11 is 0. The first-order valence-electron chi connectivity index (χ1n) is 7.00. The van der Waals surface area contributed by atoms with E-state index in [1.165, 1.54) is 0 Å². The SMILES string of the molecule is Cn1nccc1C(=O)N1CCCC1C1CCCC1=O. The van der Waals surface area contributed by atoms with Crippen molar-refractivity contribution in [2.45, 2.75) is 38.1 Å². The average molecular weight is 261 g/mol. The van der Waals surface area contributed by atoms with E-state index in [2.05, 4.69) is 5.10 Å². The van der Waals surface area contributed by atoms with Crippen molar-refractivity contribution in [3.05, 3.63) is 18.0 Å². The van der Waals surface area contributed by atoms with Crippen molar-refractivity contribution < 1.29 is 9.59 Å². The molecule has 1 aliphatic heterocycles. The molecule has 2 atom stereocenters. The second-order valence-electron chi connectivity index (χ2n) is 5.51. The number of hydrogen-bond acceptors (Lipinski definition) is 3. The minimum absolute atomic E-state index is 0.0159. The molecule has 5 nitrogen and oxygen atoms in total. The molecule has 1 aromatic heterocycles. The summed E-state index contributed by atoms with van der Waals surface area (Å²) in [4.78, 5) is 26.4. The Morgan fingerprint density at radius 1 is 1.37 bits per heavy atom. The smallest absolute Gasteiger partial charge is 0.272 e. The van der Waals surface area contributed by atoms with Crippen LogP contribution in [0.1, 0.15) is 42.6 Å². The molecule has 2 heterocycles. The minimum Gasteiger partial charge on any atom is -0.334 e. The molecule has 1 saturated heterocycles. The summed E-state index contributed by atoms with van der Waals surface area (Å²) in [6, 6.07) is 1.85. The summed E-state index contributed by atoms with van der Waals surface area (Å²) in [5.74, 6) is 0.427. The Balaban J connectivity index is 1.81. The summed E-state index contributed by atoms with van der Waals surface area (Å²) in [6.07, 6.45) is 6.21. The predicted octanol–water partition coefficient (Wildman–Crippen LogP) is 1.39. The zero-order valence-corrected chi connectivity index (χ0v) is 11.2. The fourth-order valence-electron chi connectivity index (χ4n) is 3.44. The molecule has 0 aromatic carbocycles. The first-order chi connectivity index (χ1) is 9.18. The molecule has 102 valence electrons.